The van der Waals surface area contributed by atoms with Crippen molar-refractivity contribution in [1.82, 2.24) is 4.90 Å². The number of nitrogens with zero attached hydrogens (tertiary/aromatic N) is 1. The van der Waals surface area contributed by atoms with Crippen LogP contribution in [0.25, 0.3) is 0 Å². The molecule has 0 aromatic rings. The van der Waals surface area contributed by atoms with Crippen LogP contribution in [0.3, 0.4) is 0 Å². The average Bonchev–Trinajstić information content (AvgIpc) is 3.12. The predicted molar refractivity (Wildman–Crippen MR) is 72.7 cm³/mol. The largest absolute Gasteiger partial charge is 0.360 e. The Labute approximate surface area is 122 Å². The smallest absolute Gasteiger partial charge is 0.355 e. The lowest BCUT2D eigenvalue weighted by atomic mass is 9.86. The van der Waals surface area contributed by atoms with Gasteiger partial charge < -0.3 is 18.7 Å². The molecule has 112 valence electrons. The summed E-state index contributed by atoms with van der Waals surface area (Å²) in [6, 6.07) is 0. The van der Waals surface area contributed by atoms with Crippen molar-refractivity contribution in [3.05, 3.63) is 12.2 Å². The first-order valence-electron chi connectivity index (χ1n) is 6.44. The van der Waals surface area contributed by atoms with Crippen molar-refractivity contribution < 1.29 is 23.1 Å². The highest BCUT2D eigenvalue weighted by atomic mass is 35.5. The first-order chi connectivity index (χ1) is 9.50. The predicted octanol–water partition coefficient (Wildman–Crippen LogP) is 1.59. The van der Waals surface area contributed by atoms with Crippen molar-refractivity contribution in [2.24, 2.45) is 5.92 Å². The van der Waals surface area contributed by atoms with E-state index >= 15 is 0 Å². The molecular formula is C12H17ClNO5P. The van der Waals surface area contributed by atoms with Crippen LogP contribution in [0.15, 0.2) is 12.2 Å². The van der Waals surface area contributed by atoms with Gasteiger partial charge in [0.25, 0.3) is 0 Å². The fourth-order valence-corrected chi connectivity index (χ4v) is 5.70. The summed E-state index contributed by atoms with van der Waals surface area (Å²) in [5, 5.41) is 0. The number of rotatable bonds is 4. The highest BCUT2D eigenvalue weighted by molar-refractivity contribution is 7.54. The standard InChI is InChI=1S/C12H17ClNO5P/c1-17-20(16,18-2)11-12-4-3-9(19-12)5-8(12)7-14(11)10(15)6-13/h3-4,8-9,11H,5-7H2,1-2H3/t8?,9-,11-,12+/m1/s1. The van der Waals surface area contributed by atoms with E-state index in [1.165, 1.54) is 19.1 Å². The quantitative estimate of drug-likeness (QED) is 0.447. The number of ether oxygens (including phenoxy) is 1. The third kappa shape index (κ3) is 1.76. The van der Waals surface area contributed by atoms with Crippen LogP contribution in [0.5, 0.6) is 0 Å². The van der Waals surface area contributed by atoms with Crippen molar-refractivity contribution >= 4 is 25.1 Å². The number of fused-ring (bicyclic) bond motifs is 1. The highest BCUT2D eigenvalue weighted by Crippen LogP contribution is 2.65. The van der Waals surface area contributed by atoms with E-state index in [0.717, 1.165) is 6.42 Å². The van der Waals surface area contributed by atoms with E-state index < -0.39 is 19.0 Å². The van der Waals surface area contributed by atoms with Crippen LogP contribution in [0.4, 0.5) is 0 Å². The minimum atomic E-state index is -3.51. The van der Waals surface area contributed by atoms with Crippen LogP contribution in [0.2, 0.25) is 0 Å². The first kappa shape index (κ1) is 14.5. The van der Waals surface area contributed by atoms with Crippen LogP contribution in [-0.4, -0.2) is 54.9 Å². The van der Waals surface area contributed by atoms with Gasteiger partial charge in [-0.3, -0.25) is 9.36 Å². The van der Waals surface area contributed by atoms with Crippen LogP contribution < -0.4 is 0 Å². The molecule has 8 heteroatoms. The lowest BCUT2D eigenvalue weighted by Crippen LogP contribution is -2.47. The number of alkyl halides is 1. The van der Waals surface area contributed by atoms with Gasteiger partial charge in [0.15, 0.2) is 5.78 Å². The zero-order valence-corrected chi connectivity index (χ0v) is 13.0. The molecule has 2 bridgehead atoms. The highest BCUT2D eigenvalue weighted by Gasteiger charge is 2.68. The molecule has 1 amide bonds. The number of carbonyl (C=O) groups excluding carboxylic acids is 1. The van der Waals surface area contributed by atoms with E-state index in [2.05, 4.69) is 0 Å². The number of hydrogen-bond donors (Lipinski definition) is 0. The van der Waals surface area contributed by atoms with Gasteiger partial charge in [0, 0.05) is 26.7 Å². The molecule has 3 rings (SSSR count). The Hall–Kier alpha value is -0.390. The Kier molecular flexibility index (Phi) is 3.50. The molecule has 4 atom stereocenters. The zero-order valence-electron chi connectivity index (χ0n) is 11.3. The molecular weight excluding hydrogens is 305 g/mol. The Bertz CT molecular complexity index is 504. The molecule has 0 N–H and O–H groups in total. The molecule has 0 radical (unpaired) electrons. The molecule has 0 aromatic carbocycles. The summed E-state index contributed by atoms with van der Waals surface area (Å²) in [5.74, 6) is -1.12. The van der Waals surface area contributed by atoms with Gasteiger partial charge in [-0.15, -0.1) is 11.6 Å². The number of amides is 1. The third-order valence-electron chi connectivity index (χ3n) is 4.44. The van der Waals surface area contributed by atoms with Gasteiger partial charge in [0.2, 0.25) is 5.91 Å². The summed E-state index contributed by atoms with van der Waals surface area (Å²) >= 11 is 5.67. The van der Waals surface area contributed by atoms with Gasteiger partial charge in [0.1, 0.15) is 11.5 Å². The van der Waals surface area contributed by atoms with Gasteiger partial charge in [-0.05, 0) is 6.42 Å². The van der Waals surface area contributed by atoms with Crippen LogP contribution in [0, 0.1) is 5.92 Å². The summed E-state index contributed by atoms with van der Waals surface area (Å²) in [6.07, 6.45) is 4.70. The maximum atomic E-state index is 12.9. The van der Waals surface area contributed by atoms with Gasteiger partial charge >= 0.3 is 7.60 Å². The van der Waals surface area contributed by atoms with Crippen molar-refractivity contribution in [2.45, 2.75) is 23.9 Å². The molecule has 3 aliphatic heterocycles. The van der Waals surface area contributed by atoms with Crippen LogP contribution in [-0.2, 0) is 23.1 Å². The Morgan fingerprint density at radius 2 is 2.25 bits per heavy atom. The Morgan fingerprint density at radius 3 is 2.80 bits per heavy atom. The maximum absolute atomic E-state index is 12.9. The molecule has 20 heavy (non-hydrogen) atoms. The fourth-order valence-electron chi connectivity index (χ4n) is 3.58. The van der Waals surface area contributed by atoms with Gasteiger partial charge in [0.05, 0.1) is 6.10 Å². The van der Waals surface area contributed by atoms with Crippen LogP contribution >= 0.6 is 19.2 Å². The molecule has 1 spiro atoms. The normalized spacial score (nSPS) is 38.5. The second-order valence-electron chi connectivity index (χ2n) is 5.26. The summed E-state index contributed by atoms with van der Waals surface area (Å²) in [6.45, 7) is 0.466. The lowest BCUT2D eigenvalue weighted by Gasteiger charge is -2.36. The second kappa shape index (κ2) is 4.82. The molecule has 2 saturated heterocycles. The van der Waals surface area contributed by atoms with Gasteiger partial charge in [-0.2, -0.15) is 0 Å². The third-order valence-corrected chi connectivity index (χ3v) is 6.97. The first-order valence-corrected chi connectivity index (χ1v) is 8.59. The van der Waals surface area contributed by atoms with E-state index in [9.17, 15) is 9.36 Å². The van der Waals surface area contributed by atoms with Crippen molar-refractivity contribution in [3.8, 4) is 0 Å². The Balaban J connectivity index is 2.06. The monoisotopic (exact) mass is 321 g/mol. The summed E-state index contributed by atoms with van der Waals surface area (Å²) in [4.78, 5) is 13.6. The SMILES string of the molecule is COP(=O)(OC)[C@H]1N(C(=O)CCl)CC2C[C@H]3C=C[C@]21O3. The fraction of sp³-hybridized carbons (Fsp3) is 0.750. The molecule has 0 aliphatic carbocycles. The van der Waals surface area contributed by atoms with E-state index in [-0.39, 0.29) is 23.8 Å². The Morgan fingerprint density at radius 1 is 1.55 bits per heavy atom. The molecule has 1 unspecified atom stereocenters. The number of carbonyl (C=O) groups is 1. The maximum Gasteiger partial charge on any atom is 0.355 e. The molecule has 3 aliphatic rings. The zero-order chi connectivity index (χ0) is 14.5. The second-order valence-corrected chi connectivity index (χ2v) is 7.83. The summed E-state index contributed by atoms with van der Waals surface area (Å²) < 4.78 is 29.2. The van der Waals surface area contributed by atoms with Crippen molar-refractivity contribution in [1.29, 1.82) is 0 Å². The van der Waals surface area contributed by atoms with E-state index in [1.807, 2.05) is 12.2 Å². The average molecular weight is 322 g/mol. The summed E-state index contributed by atoms with van der Waals surface area (Å²) in [5.41, 5.74) is -0.770. The van der Waals surface area contributed by atoms with E-state index in [4.69, 9.17) is 25.4 Å². The minimum Gasteiger partial charge on any atom is -0.360 e. The van der Waals surface area contributed by atoms with Crippen LogP contribution in [0.1, 0.15) is 6.42 Å². The van der Waals surface area contributed by atoms with Crippen molar-refractivity contribution in [3.63, 3.8) is 0 Å². The minimum absolute atomic E-state index is 0.0258. The van der Waals surface area contributed by atoms with Gasteiger partial charge in [-0.25, -0.2) is 0 Å². The van der Waals surface area contributed by atoms with E-state index in [0.29, 0.717) is 6.54 Å². The topological polar surface area (TPSA) is 65.1 Å². The number of halogens is 1. The lowest BCUT2D eigenvalue weighted by molar-refractivity contribution is -0.130. The molecule has 0 aromatic heterocycles. The number of hydrogen-bond acceptors (Lipinski definition) is 5. The summed E-state index contributed by atoms with van der Waals surface area (Å²) in [7, 11) is -0.863. The molecule has 3 heterocycles. The van der Waals surface area contributed by atoms with E-state index in [1.54, 1.807) is 0 Å². The molecule has 2 fully saturated rings. The number of likely N-dealkylation sites (tertiary alicyclic amines) is 1. The van der Waals surface area contributed by atoms with Gasteiger partial charge in [-0.1, -0.05) is 12.2 Å². The molecule has 0 saturated carbocycles. The molecule has 6 nitrogen and oxygen atoms in total. The van der Waals surface area contributed by atoms with Crippen molar-refractivity contribution in [2.75, 3.05) is 26.6 Å².